The number of fused-ring (bicyclic) bond motifs is 1. The number of aliphatic imine (C=N–C) groups is 1. The molecule has 2 atom stereocenters. The standard InChI is InChI=1S/C12H14N2OS/c15-10-7-8-3-1-2-4-9(8)11(10)14-12-13-5-6-16-12/h1-4,10-11,15H,5-7H2,(H,13,14)/t10-,11-/m0/s1. The van der Waals surface area contributed by atoms with Crippen LogP contribution in [0.2, 0.25) is 0 Å². The Kier molecular flexibility index (Phi) is 2.61. The Hall–Kier alpha value is -1.000. The van der Waals surface area contributed by atoms with E-state index in [-0.39, 0.29) is 12.1 Å². The van der Waals surface area contributed by atoms with Crippen LogP contribution in [0.3, 0.4) is 0 Å². The highest BCUT2D eigenvalue weighted by molar-refractivity contribution is 8.14. The molecule has 2 N–H and O–H groups in total. The van der Waals surface area contributed by atoms with Gasteiger partial charge >= 0.3 is 0 Å². The Balaban J connectivity index is 1.84. The Morgan fingerprint density at radius 2 is 2.25 bits per heavy atom. The molecule has 0 saturated carbocycles. The fraction of sp³-hybridized carbons (Fsp3) is 0.417. The fourth-order valence-electron chi connectivity index (χ4n) is 2.30. The lowest BCUT2D eigenvalue weighted by atomic mass is 10.1. The monoisotopic (exact) mass is 234 g/mol. The van der Waals surface area contributed by atoms with Crippen molar-refractivity contribution in [2.75, 3.05) is 12.3 Å². The van der Waals surface area contributed by atoms with E-state index in [1.54, 1.807) is 11.8 Å². The van der Waals surface area contributed by atoms with Crippen molar-refractivity contribution in [2.45, 2.75) is 18.6 Å². The molecule has 0 aromatic heterocycles. The van der Waals surface area contributed by atoms with Gasteiger partial charge in [-0.1, -0.05) is 36.0 Å². The molecule has 84 valence electrons. The maximum absolute atomic E-state index is 10.0. The van der Waals surface area contributed by atoms with Crippen LogP contribution >= 0.6 is 11.8 Å². The molecule has 1 aromatic rings. The number of nitrogens with one attached hydrogen (secondary N) is 1. The van der Waals surface area contributed by atoms with E-state index in [2.05, 4.69) is 22.4 Å². The van der Waals surface area contributed by atoms with Crippen LogP contribution in [-0.4, -0.2) is 28.7 Å². The number of amidine groups is 1. The molecule has 0 amide bonds. The fourth-order valence-corrected chi connectivity index (χ4v) is 3.07. The van der Waals surface area contributed by atoms with Crippen molar-refractivity contribution in [3.63, 3.8) is 0 Å². The Bertz CT molecular complexity index is 433. The summed E-state index contributed by atoms with van der Waals surface area (Å²) in [6.45, 7) is 0.886. The zero-order valence-electron chi connectivity index (χ0n) is 8.89. The van der Waals surface area contributed by atoms with Gasteiger partial charge in [-0.15, -0.1) is 0 Å². The molecule has 16 heavy (non-hydrogen) atoms. The first-order chi connectivity index (χ1) is 7.84. The molecular formula is C12H14N2OS. The lowest BCUT2D eigenvalue weighted by Crippen LogP contribution is -2.31. The number of rotatable bonds is 1. The largest absolute Gasteiger partial charge is 0.390 e. The topological polar surface area (TPSA) is 44.6 Å². The van der Waals surface area contributed by atoms with Crippen molar-refractivity contribution in [2.24, 2.45) is 4.99 Å². The van der Waals surface area contributed by atoms with Gasteiger partial charge in [-0.05, 0) is 11.1 Å². The van der Waals surface area contributed by atoms with Gasteiger partial charge in [0.15, 0.2) is 5.17 Å². The smallest absolute Gasteiger partial charge is 0.157 e. The van der Waals surface area contributed by atoms with Crippen molar-refractivity contribution in [3.05, 3.63) is 35.4 Å². The summed E-state index contributed by atoms with van der Waals surface area (Å²) in [5.41, 5.74) is 2.46. The van der Waals surface area contributed by atoms with Gasteiger partial charge in [0.25, 0.3) is 0 Å². The first-order valence-electron chi connectivity index (χ1n) is 5.54. The zero-order valence-corrected chi connectivity index (χ0v) is 9.70. The number of nitrogens with zero attached hydrogens (tertiary/aromatic N) is 1. The minimum atomic E-state index is -0.332. The summed E-state index contributed by atoms with van der Waals surface area (Å²) in [4.78, 5) is 4.36. The highest BCUT2D eigenvalue weighted by atomic mass is 32.2. The molecule has 1 aliphatic heterocycles. The van der Waals surface area contributed by atoms with Crippen molar-refractivity contribution in [1.82, 2.24) is 5.32 Å². The van der Waals surface area contributed by atoms with Crippen LogP contribution in [0.5, 0.6) is 0 Å². The van der Waals surface area contributed by atoms with Crippen LogP contribution in [0.15, 0.2) is 29.3 Å². The third-order valence-corrected chi connectivity index (χ3v) is 3.98. The van der Waals surface area contributed by atoms with E-state index in [0.717, 1.165) is 23.9 Å². The van der Waals surface area contributed by atoms with Crippen LogP contribution in [0.1, 0.15) is 17.2 Å². The van der Waals surface area contributed by atoms with Crippen molar-refractivity contribution >= 4 is 16.9 Å². The van der Waals surface area contributed by atoms with Gasteiger partial charge in [0.05, 0.1) is 18.7 Å². The van der Waals surface area contributed by atoms with E-state index in [1.807, 2.05) is 12.1 Å². The molecule has 4 heteroatoms. The first kappa shape index (κ1) is 10.2. The molecule has 0 bridgehead atoms. The number of aliphatic hydroxyl groups is 1. The maximum Gasteiger partial charge on any atom is 0.157 e. The van der Waals surface area contributed by atoms with Crippen LogP contribution in [0.4, 0.5) is 0 Å². The Morgan fingerprint density at radius 3 is 3.06 bits per heavy atom. The van der Waals surface area contributed by atoms with E-state index in [0.29, 0.717) is 0 Å². The summed E-state index contributed by atoms with van der Waals surface area (Å²) in [5, 5.41) is 14.4. The van der Waals surface area contributed by atoms with E-state index >= 15 is 0 Å². The highest BCUT2D eigenvalue weighted by Gasteiger charge is 2.31. The average molecular weight is 234 g/mol. The SMILES string of the molecule is O[C@H]1Cc2ccccc2[C@@H]1NC1=NCCS1. The van der Waals surface area contributed by atoms with Gasteiger partial charge in [0.2, 0.25) is 0 Å². The predicted molar refractivity (Wildman–Crippen MR) is 66.8 cm³/mol. The summed E-state index contributed by atoms with van der Waals surface area (Å²) in [6.07, 6.45) is 0.410. The van der Waals surface area contributed by atoms with Gasteiger partial charge in [-0.25, -0.2) is 0 Å². The number of thioether (sulfide) groups is 1. The third kappa shape index (κ3) is 1.72. The molecule has 3 rings (SSSR count). The predicted octanol–water partition coefficient (Wildman–Crippen LogP) is 1.34. The van der Waals surface area contributed by atoms with Gasteiger partial charge in [-0.3, -0.25) is 4.99 Å². The molecule has 0 spiro atoms. The quantitative estimate of drug-likeness (QED) is 0.770. The summed E-state index contributed by atoms with van der Waals surface area (Å²) in [7, 11) is 0. The minimum absolute atomic E-state index is 0.0144. The van der Waals surface area contributed by atoms with Crippen LogP contribution in [0, 0.1) is 0 Å². The van der Waals surface area contributed by atoms with Crippen molar-refractivity contribution < 1.29 is 5.11 Å². The van der Waals surface area contributed by atoms with Crippen molar-refractivity contribution in [3.8, 4) is 0 Å². The van der Waals surface area contributed by atoms with E-state index < -0.39 is 0 Å². The number of aliphatic hydroxyl groups excluding tert-OH is 1. The van der Waals surface area contributed by atoms with Crippen LogP contribution in [-0.2, 0) is 6.42 Å². The summed E-state index contributed by atoms with van der Waals surface area (Å²) < 4.78 is 0. The second-order valence-corrected chi connectivity index (χ2v) is 5.21. The van der Waals surface area contributed by atoms with Crippen LogP contribution in [0.25, 0.3) is 0 Å². The number of hydrogen-bond acceptors (Lipinski definition) is 4. The molecule has 0 fully saturated rings. The lowest BCUT2D eigenvalue weighted by Gasteiger charge is -2.18. The molecule has 1 heterocycles. The number of benzene rings is 1. The van der Waals surface area contributed by atoms with E-state index in [4.69, 9.17) is 0 Å². The molecule has 1 aliphatic carbocycles. The van der Waals surface area contributed by atoms with Gasteiger partial charge in [0.1, 0.15) is 0 Å². The number of hydrogen-bond donors (Lipinski definition) is 2. The lowest BCUT2D eigenvalue weighted by molar-refractivity contribution is 0.151. The van der Waals surface area contributed by atoms with Gasteiger partial charge < -0.3 is 10.4 Å². The van der Waals surface area contributed by atoms with Crippen LogP contribution < -0.4 is 5.32 Å². The molecule has 3 nitrogen and oxygen atoms in total. The average Bonchev–Trinajstić information content (AvgIpc) is 2.89. The highest BCUT2D eigenvalue weighted by Crippen LogP contribution is 2.32. The summed E-state index contributed by atoms with van der Waals surface area (Å²) in [5.74, 6) is 1.05. The molecule has 0 radical (unpaired) electrons. The normalized spacial score (nSPS) is 27.7. The first-order valence-corrected chi connectivity index (χ1v) is 6.53. The van der Waals surface area contributed by atoms with Crippen molar-refractivity contribution in [1.29, 1.82) is 0 Å². The summed E-state index contributed by atoms with van der Waals surface area (Å²) in [6, 6.07) is 8.23. The van der Waals surface area contributed by atoms with E-state index in [9.17, 15) is 5.11 Å². The van der Waals surface area contributed by atoms with Gasteiger partial charge in [-0.2, -0.15) is 0 Å². The Labute approximate surface area is 99.0 Å². The molecule has 1 aromatic carbocycles. The minimum Gasteiger partial charge on any atom is -0.390 e. The second kappa shape index (κ2) is 4.11. The van der Waals surface area contributed by atoms with Gasteiger partial charge in [0, 0.05) is 12.2 Å². The third-order valence-electron chi connectivity index (χ3n) is 3.07. The molecule has 0 saturated heterocycles. The Morgan fingerprint density at radius 1 is 1.38 bits per heavy atom. The molecule has 2 aliphatic rings. The molecule has 0 unspecified atom stereocenters. The maximum atomic E-state index is 10.0. The molecular weight excluding hydrogens is 220 g/mol. The summed E-state index contributed by atoms with van der Waals surface area (Å²) >= 11 is 1.73. The van der Waals surface area contributed by atoms with E-state index in [1.165, 1.54) is 11.1 Å². The zero-order chi connectivity index (χ0) is 11.0. The second-order valence-electron chi connectivity index (χ2n) is 4.13.